The average molecular weight is 357 g/mol. The van der Waals surface area contributed by atoms with Crippen molar-refractivity contribution in [1.29, 1.82) is 0 Å². The van der Waals surface area contributed by atoms with Gasteiger partial charge in [0.2, 0.25) is 0 Å². The molecule has 1 atom stereocenters. The normalized spacial score (nSPS) is 13.2. The van der Waals surface area contributed by atoms with Crippen molar-refractivity contribution in [2.24, 2.45) is 10.9 Å². The van der Waals surface area contributed by atoms with Gasteiger partial charge in [0.25, 0.3) is 0 Å². The third-order valence-corrected chi connectivity index (χ3v) is 2.27. The Morgan fingerprint density at radius 2 is 1.94 bits per heavy atom. The van der Waals surface area contributed by atoms with Crippen LogP contribution in [-0.2, 0) is 4.74 Å². The van der Waals surface area contributed by atoms with E-state index in [1.54, 1.807) is 14.2 Å². The van der Waals surface area contributed by atoms with Crippen molar-refractivity contribution in [3.8, 4) is 0 Å². The van der Waals surface area contributed by atoms with Gasteiger partial charge in [0.15, 0.2) is 5.96 Å². The summed E-state index contributed by atoms with van der Waals surface area (Å²) in [5.41, 5.74) is 0. The Morgan fingerprint density at radius 3 is 2.41 bits per heavy atom. The fourth-order valence-electron chi connectivity index (χ4n) is 1.44. The maximum Gasteiger partial charge on any atom is 0.191 e. The predicted molar refractivity (Wildman–Crippen MR) is 85.3 cm³/mol. The van der Waals surface area contributed by atoms with E-state index in [0.717, 1.165) is 18.4 Å². The highest BCUT2D eigenvalue weighted by Crippen LogP contribution is 2.01. The van der Waals surface area contributed by atoms with Crippen LogP contribution in [0.25, 0.3) is 0 Å². The summed E-state index contributed by atoms with van der Waals surface area (Å²) in [5, 5.41) is 6.57. The van der Waals surface area contributed by atoms with Crippen molar-refractivity contribution in [3.05, 3.63) is 0 Å². The molecule has 1 unspecified atom stereocenters. The number of methoxy groups -OCH3 is 1. The molecule has 0 heterocycles. The van der Waals surface area contributed by atoms with Crippen LogP contribution in [0.4, 0.5) is 0 Å². The van der Waals surface area contributed by atoms with Crippen LogP contribution >= 0.6 is 24.0 Å². The van der Waals surface area contributed by atoms with Crippen LogP contribution in [0.5, 0.6) is 0 Å². The highest BCUT2D eigenvalue weighted by molar-refractivity contribution is 14.0. The Kier molecular flexibility index (Phi) is 14.1. The highest BCUT2D eigenvalue weighted by Gasteiger charge is 2.03. The minimum atomic E-state index is 0. The molecule has 104 valence electrons. The third-order valence-electron chi connectivity index (χ3n) is 2.27. The molecule has 0 saturated carbocycles. The second-order valence-electron chi connectivity index (χ2n) is 4.54. The zero-order valence-corrected chi connectivity index (χ0v) is 14.1. The standard InChI is InChI=1S/C12H27N3O.HI/c1-10(2)7-6-8-14-12(13-4)15-11(3)9-16-5;/h10-11H,6-9H2,1-5H3,(H2,13,14,15);1H. The molecule has 5 heteroatoms. The van der Waals surface area contributed by atoms with E-state index in [1.165, 1.54) is 12.8 Å². The van der Waals surface area contributed by atoms with Gasteiger partial charge in [0.1, 0.15) is 0 Å². The van der Waals surface area contributed by atoms with Gasteiger partial charge in [0, 0.05) is 26.7 Å². The number of rotatable bonds is 7. The first-order valence-corrected chi connectivity index (χ1v) is 6.06. The summed E-state index contributed by atoms with van der Waals surface area (Å²) in [6.45, 7) is 8.22. The maximum atomic E-state index is 5.06. The van der Waals surface area contributed by atoms with Crippen LogP contribution in [0.2, 0.25) is 0 Å². The molecular weight excluding hydrogens is 329 g/mol. The Hall–Kier alpha value is -0.0400. The number of hydrogen-bond donors (Lipinski definition) is 2. The van der Waals surface area contributed by atoms with E-state index in [1.807, 2.05) is 0 Å². The molecular formula is C12H28IN3O. The molecule has 4 nitrogen and oxygen atoms in total. The topological polar surface area (TPSA) is 45.7 Å². The lowest BCUT2D eigenvalue weighted by Gasteiger charge is -2.17. The van der Waals surface area contributed by atoms with E-state index < -0.39 is 0 Å². The maximum absolute atomic E-state index is 5.06. The number of hydrogen-bond acceptors (Lipinski definition) is 2. The fraction of sp³-hybridized carbons (Fsp3) is 0.917. The molecule has 0 aliphatic heterocycles. The Bertz CT molecular complexity index is 198. The number of nitrogens with one attached hydrogen (secondary N) is 2. The molecule has 0 aromatic heterocycles. The lowest BCUT2D eigenvalue weighted by molar-refractivity contribution is 0.179. The smallest absolute Gasteiger partial charge is 0.191 e. The molecule has 0 fully saturated rings. The summed E-state index contributed by atoms with van der Waals surface area (Å²) >= 11 is 0. The van der Waals surface area contributed by atoms with Gasteiger partial charge in [-0.2, -0.15) is 0 Å². The van der Waals surface area contributed by atoms with Crippen LogP contribution in [0.3, 0.4) is 0 Å². The van der Waals surface area contributed by atoms with Gasteiger partial charge in [-0.1, -0.05) is 13.8 Å². The van der Waals surface area contributed by atoms with Crippen LogP contribution in [0, 0.1) is 5.92 Å². The van der Waals surface area contributed by atoms with E-state index in [4.69, 9.17) is 4.74 Å². The van der Waals surface area contributed by atoms with E-state index in [0.29, 0.717) is 6.61 Å². The summed E-state index contributed by atoms with van der Waals surface area (Å²) in [6.07, 6.45) is 2.43. The van der Waals surface area contributed by atoms with Crippen LogP contribution in [-0.4, -0.2) is 39.3 Å². The van der Waals surface area contributed by atoms with Gasteiger partial charge < -0.3 is 15.4 Å². The van der Waals surface area contributed by atoms with Gasteiger partial charge in [-0.05, 0) is 25.7 Å². The predicted octanol–water partition coefficient (Wildman–Crippen LogP) is 2.24. The second kappa shape index (κ2) is 12.4. The van der Waals surface area contributed by atoms with Gasteiger partial charge in [0.05, 0.1) is 6.61 Å². The lowest BCUT2D eigenvalue weighted by Crippen LogP contribution is -2.44. The quantitative estimate of drug-likeness (QED) is 0.318. The molecule has 0 radical (unpaired) electrons. The molecule has 0 bridgehead atoms. The van der Waals surface area contributed by atoms with Crippen molar-refractivity contribution < 1.29 is 4.74 Å². The van der Waals surface area contributed by atoms with Crippen LogP contribution in [0.1, 0.15) is 33.6 Å². The van der Waals surface area contributed by atoms with Gasteiger partial charge in [-0.25, -0.2) is 0 Å². The first-order valence-electron chi connectivity index (χ1n) is 6.06. The summed E-state index contributed by atoms with van der Waals surface area (Å²) in [6, 6.07) is 0.279. The molecule has 0 saturated heterocycles. The minimum Gasteiger partial charge on any atom is -0.383 e. The number of halogens is 1. The first kappa shape index (κ1) is 19.3. The fourth-order valence-corrected chi connectivity index (χ4v) is 1.44. The monoisotopic (exact) mass is 357 g/mol. The Morgan fingerprint density at radius 1 is 1.29 bits per heavy atom. The third kappa shape index (κ3) is 12.2. The zero-order chi connectivity index (χ0) is 12.4. The van der Waals surface area contributed by atoms with Gasteiger partial charge in [-0.3, -0.25) is 4.99 Å². The molecule has 0 amide bonds. The Balaban J connectivity index is 0. The number of nitrogens with zero attached hydrogens (tertiary/aromatic N) is 1. The van der Waals surface area contributed by atoms with Crippen LogP contribution in [0.15, 0.2) is 4.99 Å². The second-order valence-corrected chi connectivity index (χ2v) is 4.54. The highest BCUT2D eigenvalue weighted by atomic mass is 127. The molecule has 0 aliphatic rings. The van der Waals surface area contributed by atoms with Gasteiger partial charge >= 0.3 is 0 Å². The molecule has 0 aromatic rings. The molecule has 0 aliphatic carbocycles. The lowest BCUT2D eigenvalue weighted by atomic mass is 10.1. The van der Waals surface area contributed by atoms with Crippen molar-refractivity contribution in [2.75, 3.05) is 27.3 Å². The summed E-state index contributed by atoms with van der Waals surface area (Å²) in [7, 11) is 3.49. The van der Waals surface area contributed by atoms with E-state index in [9.17, 15) is 0 Å². The minimum absolute atomic E-state index is 0. The zero-order valence-electron chi connectivity index (χ0n) is 11.7. The summed E-state index contributed by atoms with van der Waals surface area (Å²) in [4.78, 5) is 4.17. The number of ether oxygens (including phenoxy) is 1. The van der Waals surface area contributed by atoms with Crippen LogP contribution < -0.4 is 10.6 Å². The molecule has 0 aromatic carbocycles. The summed E-state index contributed by atoms with van der Waals surface area (Å²) in [5.74, 6) is 1.62. The number of aliphatic imine (C=N–C) groups is 1. The average Bonchev–Trinajstić information content (AvgIpc) is 2.22. The largest absolute Gasteiger partial charge is 0.383 e. The first-order chi connectivity index (χ1) is 7.60. The Labute approximate surface area is 123 Å². The van der Waals surface area contributed by atoms with Gasteiger partial charge in [-0.15, -0.1) is 24.0 Å². The molecule has 0 spiro atoms. The molecule has 2 N–H and O–H groups in total. The SMILES string of the molecule is CN=C(NCCCC(C)C)NC(C)COC.I. The number of guanidine groups is 1. The van der Waals surface area contributed by atoms with Crippen molar-refractivity contribution >= 4 is 29.9 Å². The van der Waals surface area contributed by atoms with Crippen molar-refractivity contribution in [2.45, 2.75) is 39.7 Å². The molecule has 0 rings (SSSR count). The summed E-state index contributed by atoms with van der Waals surface area (Å²) < 4.78 is 5.06. The van der Waals surface area contributed by atoms with E-state index in [-0.39, 0.29) is 30.0 Å². The van der Waals surface area contributed by atoms with Crippen molar-refractivity contribution in [3.63, 3.8) is 0 Å². The van der Waals surface area contributed by atoms with Crippen molar-refractivity contribution in [1.82, 2.24) is 10.6 Å². The molecule has 17 heavy (non-hydrogen) atoms. The van der Waals surface area contributed by atoms with E-state index >= 15 is 0 Å². The van der Waals surface area contributed by atoms with E-state index in [2.05, 4.69) is 36.4 Å².